The van der Waals surface area contributed by atoms with Crippen molar-refractivity contribution in [3.63, 3.8) is 0 Å². The molecule has 0 rings (SSSR count). The van der Waals surface area contributed by atoms with Crippen molar-refractivity contribution in [3.05, 3.63) is 12.2 Å². The summed E-state index contributed by atoms with van der Waals surface area (Å²) in [6.45, 7) is 7.44. The number of hydrogen-bond donors (Lipinski definition) is 0. The summed E-state index contributed by atoms with van der Waals surface area (Å²) in [6.07, 6.45) is 9.08. The summed E-state index contributed by atoms with van der Waals surface area (Å²) < 4.78 is 36.6. The Hall–Kier alpha value is 0.610. The van der Waals surface area contributed by atoms with Crippen molar-refractivity contribution in [2.24, 2.45) is 0 Å². The van der Waals surface area contributed by atoms with Crippen LogP contribution in [0.1, 0.15) is 64.7 Å². The third kappa shape index (κ3) is 23.0. The molecule has 0 saturated carbocycles. The standard InChI is InChI=1S/C15H30O4S.Na/c1-15(2)11-13-19-12-9-7-5-3-4-6-8-10-14-20(16,17)18;/h1,3-14H2,2H3,(H,16,17,18);/q;+1/p-1. The summed E-state index contributed by atoms with van der Waals surface area (Å²) in [7, 11) is -4.01. The molecule has 0 aromatic heterocycles. The summed E-state index contributed by atoms with van der Waals surface area (Å²) in [5.74, 6) is -0.214. The van der Waals surface area contributed by atoms with Crippen LogP contribution in [0.4, 0.5) is 0 Å². The number of rotatable bonds is 14. The number of unbranched alkanes of at least 4 members (excludes halogenated alkanes) is 7. The van der Waals surface area contributed by atoms with Gasteiger partial charge < -0.3 is 9.29 Å². The minimum atomic E-state index is -4.01. The van der Waals surface area contributed by atoms with Crippen molar-refractivity contribution < 1.29 is 47.3 Å². The zero-order valence-corrected chi connectivity index (χ0v) is 16.6. The molecule has 0 heterocycles. The Morgan fingerprint density at radius 3 is 1.90 bits per heavy atom. The first-order valence-corrected chi connectivity index (χ1v) is 9.15. The fraction of sp³-hybridized carbons (Fsp3) is 0.867. The summed E-state index contributed by atoms with van der Waals surface area (Å²) in [6, 6.07) is 0. The van der Waals surface area contributed by atoms with E-state index >= 15 is 0 Å². The fourth-order valence-corrected chi connectivity index (χ4v) is 2.45. The van der Waals surface area contributed by atoms with Gasteiger partial charge in [0.15, 0.2) is 0 Å². The molecular weight excluding hydrogens is 299 g/mol. The zero-order valence-electron chi connectivity index (χ0n) is 13.7. The van der Waals surface area contributed by atoms with Gasteiger partial charge in [0.05, 0.1) is 16.7 Å². The summed E-state index contributed by atoms with van der Waals surface area (Å²) in [5.41, 5.74) is 1.16. The van der Waals surface area contributed by atoms with E-state index in [1.165, 1.54) is 19.3 Å². The molecule has 0 N–H and O–H groups in total. The van der Waals surface area contributed by atoms with E-state index in [0.717, 1.165) is 50.9 Å². The SMILES string of the molecule is C=C(C)CCOCCCCCCCCCCS(=O)(=O)[O-].[Na+]. The summed E-state index contributed by atoms with van der Waals surface area (Å²) >= 11 is 0. The van der Waals surface area contributed by atoms with E-state index < -0.39 is 10.1 Å². The first kappa shape index (κ1) is 23.9. The third-order valence-corrected chi connectivity index (χ3v) is 3.89. The fourth-order valence-electron chi connectivity index (χ4n) is 1.89. The van der Waals surface area contributed by atoms with E-state index in [9.17, 15) is 13.0 Å². The molecule has 0 aromatic carbocycles. The van der Waals surface area contributed by atoms with Crippen LogP contribution in [0.3, 0.4) is 0 Å². The second kappa shape index (κ2) is 15.5. The maximum atomic E-state index is 10.4. The van der Waals surface area contributed by atoms with E-state index in [1.807, 2.05) is 6.92 Å². The number of hydrogen-bond acceptors (Lipinski definition) is 4. The van der Waals surface area contributed by atoms with E-state index in [2.05, 4.69) is 6.58 Å². The second-order valence-corrected chi connectivity index (χ2v) is 6.93. The smallest absolute Gasteiger partial charge is 0.748 e. The Bertz CT molecular complexity index is 342. The Balaban J connectivity index is 0. The van der Waals surface area contributed by atoms with Crippen LogP contribution >= 0.6 is 0 Å². The molecule has 0 radical (unpaired) electrons. The molecule has 0 amide bonds. The maximum Gasteiger partial charge on any atom is 1.00 e. The average Bonchev–Trinajstić information content (AvgIpc) is 2.33. The third-order valence-electron chi connectivity index (χ3n) is 3.11. The summed E-state index contributed by atoms with van der Waals surface area (Å²) in [4.78, 5) is 0. The maximum absolute atomic E-state index is 10.4. The van der Waals surface area contributed by atoms with Gasteiger partial charge in [-0.3, -0.25) is 0 Å². The number of ether oxygens (including phenoxy) is 1. The first-order valence-electron chi connectivity index (χ1n) is 7.57. The molecule has 0 aliphatic carbocycles. The summed E-state index contributed by atoms with van der Waals surface area (Å²) in [5, 5.41) is 0. The average molecular weight is 328 g/mol. The quantitative estimate of drug-likeness (QED) is 0.203. The van der Waals surface area contributed by atoms with Crippen LogP contribution in [-0.4, -0.2) is 31.9 Å². The molecule has 0 aliphatic rings. The van der Waals surface area contributed by atoms with Gasteiger partial charge in [-0.05, 0) is 26.2 Å². The second-order valence-electron chi connectivity index (χ2n) is 5.41. The molecule has 0 aromatic rings. The van der Waals surface area contributed by atoms with E-state index in [0.29, 0.717) is 6.42 Å². The van der Waals surface area contributed by atoms with Crippen LogP contribution in [0.25, 0.3) is 0 Å². The van der Waals surface area contributed by atoms with Gasteiger partial charge in [-0.15, -0.1) is 6.58 Å². The molecular formula is C15H29NaO4S. The van der Waals surface area contributed by atoms with E-state index in [4.69, 9.17) is 4.74 Å². The van der Waals surface area contributed by atoms with E-state index in [1.54, 1.807) is 0 Å². The van der Waals surface area contributed by atoms with Crippen LogP contribution in [-0.2, 0) is 14.9 Å². The minimum absolute atomic E-state index is 0. The Kier molecular flexibility index (Phi) is 17.6. The zero-order chi connectivity index (χ0) is 15.3. The largest absolute Gasteiger partial charge is 1.00 e. The molecule has 0 saturated heterocycles. The molecule has 0 fully saturated rings. The van der Waals surface area contributed by atoms with Crippen molar-refractivity contribution in [2.45, 2.75) is 64.7 Å². The monoisotopic (exact) mass is 328 g/mol. The molecule has 0 atom stereocenters. The van der Waals surface area contributed by atoms with Gasteiger partial charge in [0.25, 0.3) is 0 Å². The first-order chi connectivity index (χ1) is 9.42. The molecule has 0 aliphatic heterocycles. The minimum Gasteiger partial charge on any atom is -0.748 e. The topological polar surface area (TPSA) is 66.4 Å². The van der Waals surface area contributed by atoms with Crippen molar-refractivity contribution in [1.29, 1.82) is 0 Å². The van der Waals surface area contributed by atoms with Gasteiger partial charge in [0, 0.05) is 12.4 Å². The van der Waals surface area contributed by atoms with Crippen molar-refractivity contribution in [3.8, 4) is 0 Å². The Labute approximate surface area is 152 Å². The van der Waals surface area contributed by atoms with Crippen molar-refractivity contribution in [2.75, 3.05) is 19.0 Å². The molecule has 6 heteroatoms. The van der Waals surface area contributed by atoms with Gasteiger partial charge in [-0.25, -0.2) is 8.42 Å². The normalized spacial score (nSPS) is 11.1. The molecule has 0 unspecified atom stereocenters. The Morgan fingerprint density at radius 2 is 1.43 bits per heavy atom. The van der Waals surface area contributed by atoms with Gasteiger partial charge in [0.2, 0.25) is 0 Å². The van der Waals surface area contributed by atoms with Crippen LogP contribution in [0.15, 0.2) is 12.2 Å². The van der Waals surface area contributed by atoms with Crippen LogP contribution in [0, 0.1) is 0 Å². The van der Waals surface area contributed by atoms with Crippen LogP contribution < -0.4 is 29.6 Å². The molecule has 0 bridgehead atoms. The van der Waals surface area contributed by atoms with Gasteiger partial charge in [-0.2, -0.15) is 0 Å². The van der Waals surface area contributed by atoms with Crippen LogP contribution in [0.5, 0.6) is 0 Å². The van der Waals surface area contributed by atoms with Gasteiger partial charge >= 0.3 is 29.6 Å². The molecule has 4 nitrogen and oxygen atoms in total. The van der Waals surface area contributed by atoms with Crippen molar-refractivity contribution in [1.82, 2.24) is 0 Å². The molecule has 21 heavy (non-hydrogen) atoms. The van der Waals surface area contributed by atoms with Gasteiger partial charge in [-0.1, -0.05) is 44.1 Å². The van der Waals surface area contributed by atoms with Gasteiger partial charge in [0.1, 0.15) is 0 Å². The Morgan fingerprint density at radius 1 is 0.952 bits per heavy atom. The predicted molar refractivity (Wildman–Crippen MR) is 81.8 cm³/mol. The van der Waals surface area contributed by atoms with Crippen molar-refractivity contribution >= 4 is 10.1 Å². The molecule has 0 spiro atoms. The van der Waals surface area contributed by atoms with Crippen LogP contribution in [0.2, 0.25) is 0 Å². The molecule has 120 valence electrons. The van der Waals surface area contributed by atoms with E-state index in [-0.39, 0.29) is 35.3 Å². The predicted octanol–water partition coefficient (Wildman–Crippen LogP) is 0.639.